The maximum absolute atomic E-state index is 12.6. The highest BCUT2D eigenvalue weighted by Gasteiger charge is 2.13. The molecule has 5 heteroatoms. The minimum absolute atomic E-state index is 0.130. The Bertz CT molecular complexity index is 739. The van der Waals surface area contributed by atoms with E-state index in [4.69, 9.17) is 4.74 Å². The molecule has 0 atom stereocenters. The van der Waals surface area contributed by atoms with Crippen LogP contribution in [0.5, 0.6) is 5.75 Å². The number of rotatable bonds is 8. The zero-order chi connectivity index (χ0) is 18.9. The number of carbonyl (C=O) groups is 2. The molecule has 2 aromatic carbocycles. The quantitative estimate of drug-likeness (QED) is 0.749. The van der Waals surface area contributed by atoms with Crippen LogP contribution >= 0.6 is 0 Å². The molecule has 5 nitrogen and oxygen atoms in total. The van der Waals surface area contributed by atoms with Crippen LogP contribution in [0.25, 0.3) is 0 Å². The molecule has 2 N–H and O–H groups in total. The number of benzene rings is 2. The molecule has 0 bridgehead atoms. The van der Waals surface area contributed by atoms with Gasteiger partial charge in [0, 0.05) is 17.8 Å². The smallest absolute Gasteiger partial charge is 0.259 e. The van der Waals surface area contributed by atoms with Gasteiger partial charge < -0.3 is 15.4 Å². The molecule has 0 radical (unpaired) electrons. The highest BCUT2D eigenvalue weighted by molar-refractivity contribution is 6.06. The summed E-state index contributed by atoms with van der Waals surface area (Å²) in [6, 6.07) is 14.0. The number of para-hydroxylation sites is 1. The second kappa shape index (κ2) is 9.61. The van der Waals surface area contributed by atoms with Crippen LogP contribution in [0.4, 0.5) is 5.69 Å². The van der Waals surface area contributed by atoms with Crippen LogP contribution in [-0.4, -0.2) is 25.0 Å². The van der Waals surface area contributed by atoms with E-state index < -0.39 is 0 Å². The number of hydrogen-bond acceptors (Lipinski definition) is 3. The summed E-state index contributed by atoms with van der Waals surface area (Å²) in [5.74, 6) is 0.745. The molecule has 0 aliphatic rings. The van der Waals surface area contributed by atoms with Gasteiger partial charge in [-0.3, -0.25) is 9.59 Å². The van der Waals surface area contributed by atoms with Gasteiger partial charge in [0.25, 0.3) is 11.8 Å². The third kappa shape index (κ3) is 5.62. The van der Waals surface area contributed by atoms with Gasteiger partial charge in [-0.1, -0.05) is 26.0 Å². The van der Waals surface area contributed by atoms with E-state index in [-0.39, 0.29) is 11.8 Å². The second-order valence-electron chi connectivity index (χ2n) is 6.42. The summed E-state index contributed by atoms with van der Waals surface area (Å²) in [5.41, 5.74) is 1.67. The number of amides is 2. The van der Waals surface area contributed by atoms with E-state index in [1.165, 1.54) is 0 Å². The number of anilines is 1. The first-order valence-corrected chi connectivity index (χ1v) is 8.92. The molecule has 0 aliphatic heterocycles. The minimum Gasteiger partial charge on any atom is -0.493 e. The zero-order valence-electron chi connectivity index (χ0n) is 15.5. The van der Waals surface area contributed by atoms with Gasteiger partial charge in [-0.05, 0) is 55.7 Å². The Morgan fingerprint density at radius 3 is 2.35 bits per heavy atom. The van der Waals surface area contributed by atoms with Crippen LogP contribution in [0, 0.1) is 5.92 Å². The van der Waals surface area contributed by atoms with E-state index in [0.717, 1.165) is 6.42 Å². The lowest BCUT2D eigenvalue weighted by Crippen LogP contribution is -2.22. The fourth-order valence-electron chi connectivity index (χ4n) is 2.35. The topological polar surface area (TPSA) is 67.4 Å². The van der Waals surface area contributed by atoms with Gasteiger partial charge in [-0.25, -0.2) is 0 Å². The Labute approximate surface area is 154 Å². The molecule has 138 valence electrons. The summed E-state index contributed by atoms with van der Waals surface area (Å²) >= 11 is 0. The van der Waals surface area contributed by atoms with Crippen molar-refractivity contribution >= 4 is 17.5 Å². The van der Waals surface area contributed by atoms with Crippen molar-refractivity contribution < 1.29 is 14.3 Å². The third-order valence-corrected chi connectivity index (χ3v) is 3.83. The van der Waals surface area contributed by atoms with E-state index in [1.807, 2.05) is 19.1 Å². The average molecular weight is 354 g/mol. The van der Waals surface area contributed by atoms with Crippen molar-refractivity contribution in [3.8, 4) is 5.75 Å². The molecule has 0 aliphatic carbocycles. The molecule has 2 amide bonds. The van der Waals surface area contributed by atoms with Crippen LogP contribution in [0.1, 0.15) is 47.9 Å². The number of nitrogens with one attached hydrogen (secondary N) is 2. The SMILES string of the molecule is CCNC(=O)c1ccc(NC(=O)c2ccccc2OCCC(C)C)cc1. The van der Waals surface area contributed by atoms with Crippen molar-refractivity contribution in [1.82, 2.24) is 5.32 Å². The fourth-order valence-corrected chi connectivity index (χ4v) is 2.35. The van der Waals surface area contributed by atoms with Gasteiger partial charge in [-0.15, -0.1) is 0 Å². The van der Waals surface area contributed by atoms with Gasteiger partial charge >= 0.3 is 0 Å². The van der Waals surface area contributed by atoms with Gasteiger partial charge in [0.1, 0.15) is 5.75 Å². The van der Waals surface area contributed by atoms with Crippen molar-refractivity contribution in [2.45, 2.75) is 27.2 Å². The monoisotopic (exact) mass is 354 g/mol. The zero-order valence-corrected chi connectivity index (χ0v) is 15.5. The van der Waals surface area contributed by atoms with Gasteiger partial charge in [0.05, 0.1) is 12.2 Å². The third-order valence-electron chi connectivity index (χ3n) is 3.83. The standard InChI is InChI=1S/C21H26N2O3/c1-4-22-20(24)16-9-11-17(12-10-16)23-21(25)18-7-5-6-8-19(18)26-14-13-15(2)3/h5-12,15H,4,13-14H2,1-3H3,(H,22,24)(H,23,25). The van der Waals surface area contributed by atoms with Crippen molar-refractivity contribution in [2.75, 3.05) is 18.5 Å². The fraction of sp³-hybridized carbons (Fsp3) is 0.333. The molecule has 0 aromatic heterocycles. The van der Waals surface area contributed by atoms with Gasteiger partial charge in [-0.2, -0.15) is 0 Å². The minimum atomic E-state index is -0.240. The molecule has 0 saturated heterocycles. The van der Waals surface area contributed by atoms with E-state index in [2.05, 4.69) is 24.5 Å². The number of ether oxygens (including phenoxy) is 1. The van der Waals surface area contributed by atoms with E-state index in [9.17, 15) is 9.59 Å². The number of hydrogen-bond donors (Lipinski definition) is 2. The van der Waals surface area contributed by atoms with Gasteiger partial charge in [0.15, 0.2) is 0 Å². The van der Waals surface area contributed by atoms with Crippen LogP contribution < -0.4 is 15.4 Å². The Morgan fingerprint density at radius 1 is 1.00 bits per heavy atom. The second-order valence-corrected chi connectivity index (χ2v) is 6.42. The van der Waals surface area contributed by atoms with Crippen molar-refractivity contribution in [3.63, 3.8) is 0 Å². The summed E-state index contributed by atoms with van der Waals surface area (Å²) in [5, 5.41) is 5.59. The largest absolute Gasteiger partial charge is 0.493 e. The highest BCUT2D eigenvalue weighted by atomic mass is 16.5. The van der Waals surface area contributed by atoms with Crippen molar-refractivity contribution in [1.29, 1.82) is 0 Å². The Morgan fingerprint density at radius 2 is 1.69 bits per heavy atom. The molecule has 0 saturated carbocycles. The Kier molecular flexibility index (Phi) is 7.21. The van der Waals surface area contributed by atoms with E-state index in [0.29, 0.717) is 41.6 Å². The maximum Gasteiger partial charge on any atom is 0.259 e. The van der Waals surface area contributed by atoms with E-state index in [1.54, 1.807) is 36.4 Å². The Hall–Kier alpha value is -2.82. The van der Waals surface area contributed by atoms with Gasteiger partial charge in [0.2, 0.25) is 0 Å². The van der Waals surface area contributed by atoms with Crippen LogP contribution in [0.3, 0.4) is 0 Å². The van der Waals surface area contributed by atoms with Crippen LogP contribution in [0.15, 0.2) is 48.5 Å². The molecular formula is C21H26N2O3. The molecule has 2 aromatic rings. The first-order valence-electron chi connectivity index (χ1n) is 8.92. The molecule has 0 fully saturated rings. The summed E-state index contributed by atoms with van der Waals surface area (Å²) in [7, 11) is 0. The first-order chi connectivity index (χ1) is 12.5. The lowest BCUT2D eigenvalue weighted by molar-refractivity contribution is 0.0955. The molecule has 0 heterocycles. The normalized spacial score (nSPS) is 10.5. The highest BCUT2D eigenvalue weighted by Crippen LogP contribution is 2.20. The molecule has 26 heavy (non-hydrogen) atoms. The average Bonchev–Trinajstić information content (AvgIpc) is 2.62. The summed E-state index contributed by atoms with van der Waals surface area (Å²) < 4.78 is 5.77. The molecule has 0 spiro atoms. The lowest BCUT2D eigenvalue weighted by atomic mass is 10.1. The first kappa shape index (κ1) is 19.5. The predicted molar refractivity (Wildman–Crippen MR) is 104 cm³/mol. The maximum atomic E-state index is 12.6. The Balaban J connectivity index is 2.04. The van der Waals surface area contributed by atoms with Crippen molar-refractivity contribution in [3.05, 3.63) is 59.7 Å². The lowest BCUT2D eigenvalue weighted by Gasteiger charge is -2.13. The van der Waals surface area contributed by atoms with Crippen LogP contribution in [0.2, 0.25) is 0 Å². The molecular weight excluding hydrogens is 328 g/mol. The summed E-state index contributed by atoms with van der Waals surface area (Å²) in [4.78, 5) is 24.4. The molecule has 2 rings (SSSR count). The summed E-state index contributed by atoms with van der Waals surface area (Å²) in [6.07, 6.45) is 0.928. The van der Waals surface area contributed by atoms with Crippen molar-refractivity contribution in [2.24, 2.45) is 5.92 Å². The molecule has 0 unspecified atom stereocenters. The number of carbonyl (C=O) groups excluding carboxylic acids is 2. The summed E-state index contributed by atoms with van der Waals surface area (Å²) in [6.45, 7) is 7.28. The van der Waals surface area contributed by atoms with Crippen LogP contribution in [-0.2, 0) is 0 Å². The van der Waals surface area contributed by atoms with E-state index >= 15 is 0 Å². The predicted octanol–water partition coefficient (Wildman–Crippen LogP) is 4.11.